The van der Waals surface area contributed by atoms with E-state index in [-0.39, 0.29) is 6.04 Å². The Hall–Kier alpha value is -1.46. The van der Waals surface area contributed by atoms with Crippen molar-refractivity contribution >= 4 is 5.65 Å². The molecule has 0 radical (unpaired) electrons. The Morgan fingerprint density at radius 3 is 2.90 bits per heavy atom. The lowest BCUT2D eigenvalue weighted by Gasteiger charge is -2.25. The standard InChI is InChI=1S/C16H24N4O/c1-10-7-16-17-8-15(13(4)20(16)19-10)12(3)18-11(2)14-5-6-21-9-14/h7-8,11-12,14,18H,5-6,9H2,1-4H3. The summed E-state index contributed by atoms with van der Waals surface area (Å²) in [6.45, 7) is 10.3. The van der Waals surface area contributed by atoms with Gasteiger partial charge in [-0.15, -0.1) is 0 Å². The van der Waals surface area contributed by atoms with E-state index >= 15 is 0 Å². The summed E-state index contributed by atoms with van der Waals surface area (Å²) in [4.78, 5) is 4.52. The van der Waals surface area contributed by atoms with E-state index in [9.17, 15) is 0 Å². The van der Waals surface area contributed by atoms with Crippen molar-refractivity contribution in [2.75, 3.05) is 13.2 Å². The van der Waals surface area contributed by atoms with Crippen LogP contribution in [0.4, 0.5) is 0 Å². The van der Waals surface area contributed by atoms with E-state index in [0.29, 0.717) is 12.0 Å². The Bertz CT molecular complexity index is 630. The summed E-state index contributed by atoms with van der Waals surface area (Å²) >= 11 is 0. The smallest absolute Gasteiger partial charge is 0.155 e. The van der Waals surface area contributed by atoms with Gasteiger partial charge in [-0.1, -0.05) is 0 Å². The van der Waals surface area contributed by atoms with E-state index in [1.165, 1.54) is 5.56 Å². The van der Waals surface area contributed by atoms with E-state index in [2.05, 4.69) is 36.2 Å². The van der Waals surface area contributed by atoms with Crippen LogP contribution in [0.5, 0.6) is 0 Å². The average Bonchev–Trinajstić information content (AvgIpc) is 3.07. The number of hydrogen-bond acceptors (Lipinski definition) is 4. The van der Waals surface area contributed by atoms with E-state index < -0.39 is 0 Å². The molecule has 114 valence electrons. The van der Waals surface area contributed by atoms with Crippen LogP contribution in [0.15, 0.2) is 12.3 Å². The predicted molar refractivity (Wildman–Crippen MR) is 82.4 cm³/mol. The Labute approximate surface area is 125 Å². The fourth-order valence-corrected chi connectivity index (χ4v) is 3.17. The van der Waals surface area contributed by atoms with Gasteiger partial charge in [0.1, 0.15) is 0 Å². The van der Waals surface area contributed by atoms with Gasteiger partial charge in [-0.3, -0.25) is 0 Å². The molecule has 21 heavy (non-hydrogen) atoms. The monoisotopic (exact) mass is 288 g/mol. The summed E-state index contributed by atoms with van der Waals surface area (Å²) in [5.41, 5.74) is 4.28. The second kappa shape index (κ2) is 5.73. The zero-order valence-electron chi connectivity index (χ0n) is 13.3. The first-order valence-electron chi connectivity index (χ1n) is 7.72. The van der Waals surface area contributed by atoms with Gasteiger partial charge >= 0.3 is 0 Å². The van der Waals surface area contributed by atoms with Crippen molar-refractivity contribution in [2.45, 2.75) is 46.2 Å². The van der Waals surface area contributed by atoms with Crippen LogP contribution in [0.25, 0.3) is 5.65 Å². The van der Waals surface area contributed by atoms with Gasteiger partial charge in [-0.05, 0) is 40.0 Å². The van der Waals surface area contributed by atoms with Crippen molar-refractivity contribution in [3.8, 4) is 0 Å². The van der Waals surface area contributed by atoms with Crippen LogP contribution in [0.3, 0.4) is 0 Å². The molecular weight excluding hydrogens is 264 g/mol. The molecule has 0 aliphatic carbocycles. The minimum atomic E-state index is 0.252. The average molecular weight is 288 g/mol. The Balaban J connectivity index is 1.80. The largest absolute Gasteiger partial charge is 0.381 e. The van der Waals surface area contributed by atoms with Gasteiger partial charge in [-0.2, -0.15) is 5.10 Å². The summed E-state index contributed by atoms with van der Waals surface area (Å²) < 4.78 is 7.42. The summed E-state index contributed by atoms with van der Waals surface area (Å²) in [7, 11) is 0. The fourth-order valence-electron chi connectivity index (χ4n) is 3.17. The molecule has 0 aromatic carbocycles. The second-order valence-corrected chi connectivity index (χ2v) is 6.16. The molecule has 3 rings (SSSR count). The molecule has 2 aromatic rings. The first kappa shape index (κ1) is 14.5. The molecule has 5 heteroatoms. The van der Waals surface area contributed by atoms with E-state index in [1.807, 2.05) is 23.7 Å². The van der Waals surface area contributed by atoms with Crippen LogP contribution >= 0.6 is 0 Å². The third-order valence-electron chi connectivity index (χ3n) is 4.54. The topological polar surface area (TPSA) is 51.5 Å². The highest BCUT2D eigenvalue weighted by Gasteiger charge is 2.24. The zero-order valence-corrected chi connectivity index (χ0v) is 13.3. The SMILES string of the molecule is Cc1cc2ncc(C(C)NC(C)C3CCOC3)c(C)n2n1. The van der Waals surface area contributed by atoms with Crippen LogP contribution in [0, 0.1) is 19.8 Å². The highest BCUT2D eigenvalue weighted by atomic mass is 16.5. The van der Waals surface area contributed by atoms with Crippen molar-refractivity contribution in [3.05, 3.63) is 29.2 Å². The molecule has 0 bridgehead atoms. The molecule has 1 aliphatic rings. The van der Waals surface area contributed by atoms with Gasteiger partial charge in [0.05, 0.1) is 12.3 Å². The molecular formula is C16H24N4O. The number of hydrogen-bond donors (Lipinski definition) is 1. The summed E-state index contributed by atoms with van der Waals surface area (Å²) in [6.07, 6.45) is 3.12. The molecule has 3 atom stereocenters. The van der Waals surface area contributed by atoms with Crippen LogP contribution in [0.1, 0.15) is 43.3 Å². The quantitative estimate of drug-likeness (QED) is 0.938. The van der Waals surface area contributed by atoms with Gasteiger partial charge in [0.25, 0.3) is 0 Å². The number of aromatic nitrogens is 3. The molecule has 1 aliphatic heterocycles. The van der Waals surface area contributed by atoms with E-state index in [1.54, 1.807) is 0 Å². The summed E-state index contributed by atoms with van der Waals surface area (Å²) in [6, 6.07) is 2.70. The van der Waals surface area contributed by atoms with E-state index in [4.69, 9.17) is 4.74 Å². The molecule has 0 amide bonds. The second-order valence-electron chi connectivity index (χ2n) is 6.16. The maximum atomic E-state index is 5.48. The minimum Gasteiger partial charge on any atom is -0.381 e. The first-order chi connectivity index (χ1) is 10.1. The molecule has 1 saturated heterocycles. The summed E-state index contributed by atoms with van der Waals surface area (Å²) in [5, 5.41) is 8.21. The normalized spacial score (nSPS) is 21.8. The lowest BCUT2D eigenvalue weighted by Crippen LogP contribution is -2.36. The highest BCUT2D eigenvalue weighted by Crippen LogP contribution is 2.22. The van der Waals surface area contributed by atoms with Crippen molar-refractivity contribution in [1.29, 1.82) is 0 Å². The molecule has 5 nitrogen and oxygen atoms in total. The molecule has 0 saturated carbocycles. The number of aryl methyl sites for hydroxylation is 2. The zero-order chi connectivity index (χ0) is 15.0. The number of ether oxygens (including phenoxy) is 1. The molecule has 3 unspecified atom stereocenters. The number of nitrogens with zero attached hydrogens (tertiary/aromatic N) is 3. The van der Waals surface area contributed by atoms with Gasteiger partial charge in [0, 0.05) is 42.2 Å². The molecule has 0 spiro atoms. The van der Waals surface area contributed by atoms with Gasteiger partial charge in [0.2, 0.25) is 0 Å². The van der Waals surface area contributed by atoms with Crippen LogP contribution in [-0.2, 0) is 4.74 Å². The van der Waals surface area contributed by atoms with E-state index in [0.717, 1.165) is 36.7 Å². The molecule has 1 N–H and O–H groups in total. The number of fused-ring (bicyclic) bond motifs is 1. The van der Waals surface area contributed by atoms with Gasteiger partial charge in [0.15, 0.2) is 5.65 Å². The third-order valence-corrected chi connectivity index (χ3v) is 4.54. The maximum Gasteiger partial charge on any atom is 0.155 e. The van der Waals surface area contributed by atoms with Crippen LogP contribution < -0.4 is 5.32 Å². The predicted octanol–water partition coefficient (Wildman–Crippen LogP) is 2.42. The number of nitrogens with one attached hydrogen (secondary N) is 1. The Kier molecular flexibility index (Phi) is 3.95. The Morgan fingerprint density at radius 1 is 1.38 bits per heavy atom. The van der Waals surface area contributed by atoms with Crippen molar-refractivity contribution in [3.63, 3.8) is 0 Å². The lowest BCUT2D eigenvalue weighted by atomic mass is 9.98. The third kappa shape index (κ3) is 2.80. The van der Waals surface area contributed by atoms with Crippen LogP contribution in [-0.4, -0.2) is 33.9 Å². The maximum absolute atomic E-state index is 5.48. The molecule has 2 aromatic heterocycles. The van der Waals surface area contributed by atoms with Crippen LogP contribution in [0.2, 0.25) is 0 Å². The van der Waals surface area contributed by atoms with Crippen molar-refractivity contribution in [1.82, 2.24) is 19.9 Å². The summed E-state index contributed by atoms with van der Waals surface area (Å²) in [5.74, 6) is 0.608. The van der Waals surface area contributed by atoms with Crippen molar-refractivity contribution in [2.24, 2.45) is 5.92 Å². The Morgan fingerprint density at radius 2 is 2.19 bits per heavy atom. The first-order valence-corrected chi connectivity index (χ1v) is 7.72. The van der Waals surface area contributed by atoms with Gasteiger partial charge in [-0.25, -0.2) is 9.50 Å². The van der Waals surface area contributed by atoms with Crippen molar-refractivity contribution < 1.29 is 4.74 Å². The highest BCUT2D eigenvalue weighted by molar-refractivity contribution is 5.42. The lowest BCUT2D eigenvalue weighted by molar-refractivity contribution is 0.177. The fraction of sp³-hybridized carbons (Fsp3) is 0.625. The number of rotatable bonds is 4. The molecule has 1 fully saturated rings. The minimum absolute atomic E-state index is 0.252. The van der Waals surface area contributed by atoms with Gasteiger partial charge < -0.3 is 10.1 Å². The molecule has 3 heterocycles.